The largest absolute Gasteiger partial charge is 0.369 e. The molecule has 0 spiro atoms. The van der Waals surface area contributed by atoms with Gasteiger partial charge in [-0.1, -0.05) is 20.8 Å². The lowest BCUT2D eigenvalue weighted by atomic mass is 9.97. The lowest BCUT2D eigenvalue weighted by Crippen LogP contribution is -2.17. The number of nitrogens with two attached hydrogens (primary N) is 1. The fourth-order valence-corrected chi connectivity index (χ4v) is 1.85. The Hall–Kier alpha value is -2.02. The topological polar surface area (TPSA) is 67.6 Å². The average molecular weight is 228 g/mol. The number of hydrogen-bond donors (Lipinski definition) is 1. The highest BCUT2D eigenvalue weighted by molar-refractivity contribution is 5.79. The molecule has 4 nitrogen and oxygen atoms in total. The molecule has 1 aromatic heterocycles. The van der Waals surface area contributed by atoms with Crippen LogP contribution < -0.4 is 5.73 Å². The molecular formula is C13H16N4. The van der Waals surface area contributed by atoms with Gasteiger partial charge >= 0.3 is 0 Å². The molecule has 0 bridgehead atoms. The SMILES string of the molecule is CC(C)(C)Cn1c(N)nc2ccc(C#N)cc21. The first kappa shape index (κ1) is 11.5. The van der Waals surface area contributed by atoms with Crippen LogP contribution in [0.2, 0.25) is 0 Å². The van der Waals surface area contributed by atoms with E-state index in [0.717, 1.165) is 17.6 Å². The zero-order valence-electron chi connectivity index (χ0n) is 10.4. The number of nitriles is 1. The standard InChI is InChI=1S/C13H16N4/c1-13(2,3)8-17-11-6-9(7-14)4-5-10(11)16-12(17)15/h4-6H,8H2,1-3H3,(H2,15,16). The first-order chi connectivity index (χ1) is 7.90. The highest BCUT2D eigenvalue weighted by Gasteiger charge is 2.16. The van der Waals surface area contributed by atoms with Gasteiger partial charge in [-0.15, -0.1) is 0 Å². The molecule has 2 rings (SSSR count). The molecule has 88 valence electrons. The Kier molecular flexibility index (Phi) is 2.55. The number of nitrogen functional groups attached to an aromatic ring is 1. The van der Waals surface area contributed by atoms with Crippen LogP contribution >= 0.6 is 0 Å². The number of fused-ring (bicyclic) bond motifs is 1. The summed E-state index contributed by atoms with van der Waals surface area (Å²) in [4.78, 5) is 4.30. The predicted octanol–water partition coefficient (Wildman–Crippen LogP) is 2.54. The molecule has 2 aromatic rings. The van der Waals surface area contributed by atoms with Gasteiger partial charge in [0.05, 0.1) is 22.7 Å². The van der Waals surface area contributed by atoms with Crippen LogP contribution in [0.3, 0.4) is 0 Å². The van der Waals surface area contributed by atoms with E-state index >= 15 is 0 Å². The van der Waals surface area contributed by atoms with Crippen molar-refractivity contribution in [3.05, 3.63) is 23.8 Å². The molecule has 0 unspecified atom stereocenters. The second-order valence-corrected chi connectivity index (χ2v) is 5.43. The number of aromatic nitrogens is 2. The molecule has 0 amide bonds. The average Bonchev–Trinajstić information content (AvgIpc) is 2.53. The van der Waals surface area contributed by atoms with Crippen LogP contribution in [0.1, 0.15) is 26.3 Å². The Morgan fingerprint density at radius 1 is 1.41 bits per heavy atom. The van der Waals surface area contributed by atoms with Crippen LogP contribution in [0.25, 0.3) is 11.0 Å². The minimum atomic E-state index is 0.115. The molecule has 0 aliphatic rings. The molecule has 1 aromatic carbocycles. The first-order valence-electron chi connectivity index (χ1n) is 5.56. The van der Waals surface area contributed by atoms with Crippen LogP contribution in [-0.2, 0) is 6.54 Å². The summed E-state index contributed by atoms with van der Waals surface area (Å²) in [6, 6.07) is 7.57. The second-order valence-electron chi connectivity index (χ2n) is 5.43. The third kappa shape index (κ3) is 2.23. The molecule has 4 heteroatoms. The monoisotopic (exact) mass is 228 g/mol. The van der Waals surface area contributed by atoms with Crippen LogP contribution in [0, 0.1) is 16.7 Å². The summed E-state index contributed by atoms with van der Waals surface area (Å²) in [5, 5.41) is 8.92. The quantitative estimate of drug-likeness (QED) is 0.815. The van der Waals surface area contributed by atoms with Crippen LogP contribution in [-0.4, -0.2) is 9.55 Å². The summed E-state index contributed by atoms with van der Waals surface area (Å²) in [5.41, 5.74) is 8.43. The van der Waals surface area contributed by atoms with E-state index in [-0.39, 0.29) is 5.41 Å². The number of imidazole rings is 1. The summed E-state index contributed by atoms with van der Waals surface area (Å²) in [6.07, 6.45) is 0. The maximum atomic E-state index is 8.92. The van der Waals surface area contributed by atoms with Crippen molar-refractivity contribution in [2.24, 2.45) is 5.41 Å². The minimum absolute atomic E-state index is 0.115. The minimum Gasteiger partial charge on any atom is -0.369 e. The lowest BCUT2D eigenvalue weighted by molar-refractivity contribution is 0.351. The number of benzene rings is 1. The van der Waals surface area contributed by atoms with Gasteiger partial charge in [0.2, 0.25) is 5.95 Å². The second kappa shape index (κ2) is 3.77. The third-order valence-electron chi connectivity index (χ3n) is 2.54. The lowest BCUT2D eigenvalue weighted by Gasteiger charge is -2.20. The number of hydrogen-bond acceptors (Lipinski definition) is 3. The van der Waals surface area contributed by atoms with E-state index in [1.807, 2.05) is 16.7 Å². The predicted molar refractivity (Wildman–Crippen MR) is 68.3 cm³/mol. The van der Waals surface area contributed by atoms with Crippen molar-refractivity contribution in [3.63, 3.8) is 0 Å². The molecule has 0 radical (unpaired) electrons. The third-order valence-corrected chi connectivity index (χ3v) is 2.54. The fraction of sp³-hybridized carbons (Fsp3) is 0.385. The van der Waals surface area contributed by atoms with Gasteiger partial charge < -0.3 is 10.3 Å². The van der Waals surface area contributed by atoms with Gasteiger partial charge in [0, 0.05) is 6.54 Å². The zero-order chi connectivity index (χ0) is 12.6. The smallest absolute Gasteiger partial charge is 0.201 e. The number of anilines is 1. The van der Waals surface area contributed by atoms with Gasteiger partial charge in [0.1, 0.15) is 0 Å². The maximum Gasteiger partial charge on any atom is 0.201 e. The Labute approximate surface area is 101 Å². The van der Waals surface area contributed by atoms with Gasteiger partial charge in [-0.25, -0.2) is 4.98 Å². The van der Waals surface area contributed by atoms with Crippen molar-refractivity contribution in [2.45, 2.75) is 27.3 Å². The van der Waals surface area contributed by atoms with Crippen molar-refractivity contribution >= 4 is 17.0 Å². The Morgan fingerprint density at radius 3 is 2.71 bits per heavy atom. The Bertz CT molecular complexity index is 596. The van der Waals surface area contributed by atoms with E-state index < -0.39 is 0 Å². The van der Waals surface area contributed by atoms with E-state index in [1.165, 1.54) is 0 Å². The molecule has 0 fully saturated rings. The molecule has 0 aliphatic carbocycles. The molecule has 1 heterocycles. The van der Waals surface area contributed by atoms with E-state index in [9.17, 15) is 0 Å². The molecule has 0 atom stereocenters. The molecule has 0 aliphatic heterocycles. The first-order valence-corrected chi connectivity index (χ1v) is 5.56. The summed E-state index contributed by atoms with van der Waals surface area (Å²) in [5.74, 6) is 0.505. The number of nitrogens with zero attached hydrogens (tertiary/aromatic N) is 3. The van der Waals surface area contributed by atoms with Crippen molar-refractivity contribution in [3.8, 4) is 6.07 Å². The summed E-state index contributed by atoms with van der Waals surface area (Å²) >= 11 is 0. The summed E-state index contributed by atoms with van der Waals surface area (Å²) in [7, 11) is 0. The highest BCUT2D eigenvalue weighted by atomic mass is 15.2. The fourth-order valence-electron chi connectivity index (χ4n) is 1.85. The molecule has 2 N–H and O–H groups in total. The molecule has 0 saturated heterocycles. The van der Waals surface area contributed by atoms with Crippen molar-refractivity contribution in [1.82, 2.24) is 9.55 Å². The van der Waals surface area contributed by atoms with Gasteiger partial charge in [-0.2, -0.15) is 5.26 Å². The van der Waals surface area contributed by atoms with Crippen molar-refractivity contribution in [2.75, 3.05) is 5.73 Å². The highest BCUT2D eigenvalue weighted by Crippen LogP contribution is 2.24. The summed E-state index contributed by atoms with van der Waals surface area (Å²) < 4.78 is 1.97. The van der Waals surface area contributed by atoms with Gasteiger partial charge in [-0.05, 0) is 23.6 Å². The van der Waals surface area contributed by atoms with E-state index in [4.69, 9.17) is 11.0 Å². The normalized spacial score (nSPS) is 11.6. The van der Waals surface area contributed by atoms with Gasteiger partial charge in [0.25, 0.3) is 0 Å². The number of rotatable bonds is 1. The molecular weight excluding hydrogens is 212 g/mol. The van der Waals surface area contributed by atoms with Crippen LogP contribution in [0.4, 0.5) is 5.95 Å². The van der Waals surface area contributed by atoms with Gasteiger partial charge in [0.15, 0.2) is 0 Å². The Morgan fingerprint density at radius 2 is 2.12 bits per heavy atom. The van der Waals surface area contributed by atoms with Gasteiger partial charge in [-0.3, -0.25) is 0 Å². The van der Waals surface area contributed by atoms with Crippen LogP contribution in [0.15, 0.2) is 18.2 Å². The summed E-state index contributed by atoms with van der Waals surface area (Å²) in [6.45, 7) is 7.22. The van der Waals surface area contributed by atoms with E-state index in [1.54, 1.807) is 6.07 Å². The van der Waals surface area contributed by atoms with Crippen LogP contribution in [0.5, 0.6) is 0 Å². The molecule has 17 heavy (non-hydrogen) atoms. The Balaban J connectivity index is 2.61. The van der Waals surface area contributed by atoms with Crippen molar-refractivity contribution in [1.29, 1.82) is 5.26 Å². The maximum absolute atomic E-state index is 8.92. The van der Waals surface area contributed by atoms with E-state index in [2.05, 4.69) is 31.8 Å². The molecule has 0 saturated carbocycles. The van der Waals surface area contributed by atoms with E-state index in [0.29, 0.717) is 11.5 Å². The zero-order valence-corrected chi connectivity index (χ0v) is 10.4. The van der Waals surface area contributed by atoms with Crippen molar-refractivity contribution < 1.29 is 0 Å².